The topological polar surface area (TPSA) is 62.6 Å². The zero-order valence-electron chi connectivity index (χ0n) is 16.3. The van der Waals surface area contributed by atoms with Crippen LogP contribution in [0.3, 0.4) is 0 Å². The second kappa shape index (κ2) is 6.91. The van der Waals surface area contributed by atoms with Gasteiger partial charge in [-0.25, -0.2) is 15.0 Å². The van der Waals surface area contributed by atoms with Crippen LogP contribution < -0.4 is 9.80 Å². The number of anilines is 2. The Morgan fingerprint density at radius 1 is 1.07 bits per heavy atom. The third-order valence-electron chi connectivity index (χ3n) is 6.12. The zero-order chi connectivity index (χ0) is 18.4. The van der Waals surface area contributed by atoms with Crippen LogP contribution in [0.4, 0.5) is 11.8 Å². The first-order valence-corrected chi connectivity index (χ1v) is 10.2. The van der Waals surface area contributed by atoms with Crippen LogP contribution in [0.15, 0.2) is 6.33 Å². The Morgan fingerprint density at radius 3 is 2.59 bits per heavy atom. The molecule has 0 amide bonds. The summed E-state index contributed by atoms with van der Waals surface area (Å²) < 4.78 is 7.87. The highest BCUT2D eigenvalue weighted by molar-refractivity contribution is 5.86. The summed E-state index contributed by atoms with van der Waals surface area (Å²) in [5, 5.41) is 0. The largest absolute Gasteiger partial charge is 0.378 e. The van der Waals surface area contributed by atoms with Crippen LogP contribution in [0, 0.1) is 5.92 Å². The minimum absolute atomic E-state index is 0.587. The van der Waals surface area contributed by atoms with Crippen molar-refractivity contribution in [1.29, 1.82) is 0 Å². The average Bonchev–Trinajstić information content (AvgIpc) is 3.23. The van der Waals surface area contributed by atoms with E-state index in [0.717, 1.165) is 74.8 Å². The van der Waals surface area contributed by atoms with Crippen LogP contribution in [0.5, 0.6) is 0 Å². The summed E-state index contributed by atoms with van der Waals surface area (Å²) >= 11 is 0. The maximum Gasteiger partial charge on any atom is 0.207 e. The molecule has 1 saturated carbocycles. The van der Waals surface area contributed by atoms with Crippen molar-refractivity contribution >= 4 is 22.9 Å². The molecule has 2 aromatic heterocycles. The molecule has 1 unspecified atom stereocenters. The molecule has 5 rings (SSSR count). The highest BCUT2D eigenvalue weighted by Gasteiger charge is 2.32. The second-order valence-corrected chi connectivity index (χ2v) is 8.29. The molecule has 146 valence electrons. The second-order valence-electron chi connectivity index (χ2n) is 8.29. The van der Waals surface area contributed by atoms with Gasteiger partial charge in [0, 0.05) is 38.8 Å². The van der Waals surface area contributed by atoms with Gasteiger partial charge in [0.2, 0.25) is 5.95 Å². The number of hydrogen-bond donors (Lipinski definition) is 0. The molecule has 3 fully saturated rings. The van der Waals surface area contributed by atoms with Crippen molar-refractivity contribution in [1.82, 2.24) is 24.4 Å². The first-order chi connectivity index (χ1) is 13.2. The van der Waals surface area contributed by atoms with Gasteiger partial charge in [-0.1, -0.05) is 0 Å². The van der Waals surface area contributed by atoms with Gasteiger partial charge < -0.3 is 19.4 Å². The molecule has 27 heavy (non-hydrogen) atoms. The van der Waals surface area contributed by atoms with E-state index in [1.807, 2.05) is 0 Å². The number of morpholine rings is 1. The average molecular weight is 371 g/mol. The smallest absolute Gasteiger partial charge is 0.207 e. The Balaban J connectivity index is 1.55. The summed E-state index contributed by atoms with van der Waals surface area (Å²) in [5.41, 5.74) is 1.94. The molecular formula is C19H29N7O. The third-order valence-corrected chi connectivity index (χ3v) is 6.12. The molecular weight excluding hydrogens is 342 g/mol. The summed E-state index contributed by atoms with van der Waals surface area (Å²) in [7, 11) is 4.34. The van der Waals surface area contributed by atoms with Crippen LogP contribution in [0.1, 0.15) is 19.3 Å². The van der Waals surface area contributed by atoms with Gasteiger partial charge in [0.1, 0.15) is 6.33 Å². The van der Waals surface area contributed by atoms with Crippen LogP contribution in [-0.2, 0) is 11.3 Å². The number of hydrogen-bond acceptors (Lipinski definition) is 7. The molecule has 2 aliphatic heterocycles. The van der Waals surface area contributed by atoms with E-state index in [-0.39, 0.29) is 0 Å². The van der Waals surface area contributed by atoms with Gasteiger partial charge in [-0.2, -0.15) is 0 Å². The summed E-state index contributed by atoms with van der Waals surface area (Å²) in [6.07, 6.45) is 5.53. The van der Waals surface area contributed by atoms with Crippen molar-refractivity contribution in [3.63, 3.8) is 0 Å². The fraction of sp³-hybridized carbons (Fsp3) is 0.737. The Kier molecular flexibility index (Phi) is 4.40. The lowest BCUT2D eigenvalue weighted by Gasteiger charge is -2.27. The van der Waals surface area contributed by atoms with E-state index in [4.69, 9.17) is 9.72 Å². The van der Waals surface area contributed by atoms with E-state index in [1.54, 1.807) is 6.33 Å². The predicted octanol–water partition coefficient (Wildman–Crippen LogP) is 1.21. The van der Waals surface area contributed by atoms with Crippen molar-refractivity contribution in [3.05, 3.63) is 6.33 Å². The normalized spacial score (nSPS) is 23.7. The van der Waals surface area contributed by atoms with Crippen LogP contribution in [0.2, 0.25) is 0 Å². The SMILES string of the molecule is CN(C)C1CCN(c2nc3c(N4CCOCC4)ncnc3n2CC2CC2)C1. The minimum Gasteiger partial charge on any atom is -0.378 e. The highest BCUT2D eigenvalue weighted by atomic mass is 16.5. The molecule has 8 nitrogen and oxygen atoms in total. The fourth-order valence-electron chi connectivity index (χ4n) is 4.23. The number of imidazole rings is 1. The van der Waals surface area contributed by atoms with Gasteiger partial charge in [0.05, 0.1) is 13.2 Å². The van der Waals surface area contributed by atoms with Crippen molar-refractivity contribution in [2.45, 2.75) is 31.8 Å². The van der Waals surface area contributed by atoms with Gasteiger partial charge in [-0.15, -0.1) is 0 Å². The van der Waals surface area contributed by atoms with E-state index in [0.29, 0.717) is 6.04 Å². The van der Waals surface area contributed by atoms with E-state index >= 15 is 0 Å². The molecule has 4 heterocycles. The maximum absolute atomic E-state index is 5.52. The van der Waals surface area contributed by atoms with E-state index in [2.05, 4.69) is 43.3 Å². The van der Waals surface area contributed by atoms with E-state index < -0.39 is 0 Å². The van der Waals surface area contributed by atoms with Crippen molar-refractivity contribution in [3.8, 4) is 0 Å². The Morgan fingerprint density at radius 2 is 1.89 bits per heavy atom. The van der Waals surface area contributed by atoms with Gasteiger partial charge in [-0.05, 0) is 39.3 Å². The van der Waals surface area contributed by atoms with Gasteiger partial charge >= 0.3 is 0 Å². The molecule has 2 aromatic rings. The number of rotatable bonds is 5. The number of ether oxygens (including phenoxy) is 1. The van der Waals surface area contributed by atoms with Crippen LogP contribution in [0.25, 0.3) is 11.2 Å². The highest BCUT2D eigenvalue weighted by Crippen LogP contribution is 2.36. The Hall–Kier alpha value is -1.93. The zero-order valence-corrected chi connectivity index (χ0v) is 16.3. The number of aromatic nitrogens is 4. The molecule has 2 saturated heterocycles. The molecule has 0 bridgehead atoms. The fourth-order valence-corrected chi connectivity index (χ4v) is 4.23. The summed E-state index contributed by atoms with van der Waals surface area (Å²) in [4.78, 5) is 21.4. The van der Waals surface area contributed by atoms with Crippen molar-refractivity contribution in [2.75, 3.05) is 63.3 Å². The molecule has 0 aromatic carbocycles. The van der Waals surface area contributed by atoms with Gasteiger partial charge in [0.25, 0.3) is 0 Å². The van der Waals surface area contributed by atoms with E-state index in [1.165, 1.54) is 19.3 Å². The molecule has 0 spiro atoms. The predicted molar refractivity (Wildman–Crippen MR) is 105 cm³/mol. The monoisotopic (exact) mass is 371 g/mol. The summed E-state index contributed by atoms with van der Waals surface area (Å²) in [6.45, 7) is 6.33. The van der Waals surface area contributed by atoms with Gasteiger partial charge in [-0.3, -0.25) is 4.57 Å². The molecule has 0 N–H and O–H groups in total. The number of likely N-dealkylation sites (N-methyl/N-ethyl adjacent to an activating group) is 1. The summed E-state index contributed by atoms with van der Waals surface area (Å²) in [6, 6.07) is 0.587. The quantitative estimate of drug-likeness (QED) is 0.783. The maximum atomic E-state index is 5.52. The van der Waals surface area contributed by atoms with Crippen molar-refractivity contribution < 1.29 is 4.74 Å². The lowest BCUT2D eigenvalue weighted by Crippen LogP contribution is -2.37. The third kappa shape index (κ3) is 3.25. The van der Waals surface area contributed by atoms with Gasteiger partial charge in [0.15, 0.2) is 17.0 Å². The first kappa shape index (κ1) is 17.2. The Bertz CT molecular complexity index is 810. The molecule has 3 aliphatic rings. The molecule has 1 aliphatic carbocycles. The number of nitrogens with zero attached hydrogens (tertiary/aromatic N) is 7. The van der Waals surface area contributed by atoms with Crippen molar-refractivity contribution in [2.24, 2.45) is 5.92 Å². The molecule has 8 heteroatoms. The van der Waals surface area contributed by atoms with Crippen LogP contribution >= 0.6 is 0 Å². The molecule has 1 atom stereocenters. The lowest BCUT2D eigenvalue weighted by atomic mass is 10.2. The first-order valence-electron chi connectivity index (χ1n) is 10.2. The van der Waals surface area contributed by atoms with Crippen LogP contribution in [-0.4, -0.2) is 83.9 Å². The standard InChI is InChI=1S/C19H29N7O/c1-23(2)15-5-6-25(12-15)19-22-16-17(24-7-9-27-10-8-24)20-13-21-18(16)26(19)11-14-3-4-14/h13-15H,3-12H2,1-2H3. The van der Waals surface area contributed by atoms with E-state index in [9.17, 15) is 0 Å². The Labute approximate surface area is 160 Å². The lowest BCUT2D eigenvalue weighted by molar-refractivity contribution is 0.122. The number of fused-ring (bicyclic) bond motifs is 1. The minimum atomic E-state index is 0.587. The summed E-state index contributed by atoms with van der Waals surface area (Å²) in [5.74, 6) is 2.81. The molecule has 0 radical (unpaired) electrons.